The van der Waals surface area contributed by atoms with Crippen molar-refractivity contribution in [2.75, 3.05) is 24.7 Å². The SMILES string of the molecule is CCCCCCCCCCS(=O)(=O)c1ccc(C(=O)Nc2cc(C(=O)NCCCC)ccc2OC)cc1. The van der Waals surface area contributed by atoms with Crippen LogP contribution in [0.2, 0.25) is 0 Å². The Balaban J connectivity index is 1.96. The molecule has 2 rings (SSSR count). The quantitative estimate of drug-likeness (QED) is 0.231. The molecular formula is C29H42N2O5S. The first kappa shape index (κ1) is 30.4. The van der Waals surface area contributed by atoms with E-state index in [1.165, 1.54) is 57.1 Å². The van der Waals surface area contributed by atoms with Crippen LogP contribution in [0.3, 0.4) is 0 Å². The molecule has 0 heterocycles. The van der Waals surface area contributed by atoms with Gasteiger partial charge in [-0.2, -0.15) is 0 Å². The van der Waals surface area contributed by atoms with E-state index in [0.29, 0.717) is 35.5 Å². The van der Waals surface area contributed by atoms with Crippen molar-refractivity contribution in [1.29, 1.82) is 0 Å². The zero-order valence-electron chi connectivity index (χ0n) is 22.5. The van der Waals surface area contributed by atoms with Gasteiger partial charge in [-0.3, -0.25) is 9.59 Å². The van der Waals surface area contributed by atoms with Gasteiger partial charge in [0, 0.05) is 17.7 Å². The maximum absolute atomic E-state index is 12.9. The highest BCUT2D eigenvalue weighted by Gasteiger charge is 2.17. The van der Waals surface area contributed by atoms with E-state index in [0.717, 1.165) is 32.1 Å². The van der Waals surface area contributed by atoms with Crippen molar-refractivity contribution in [3.63, 3.8) is 0 Å². The van der Waals surface area contributed by atoms with Gasteiger partial charge in [0.05, 0.1) is 23.4 Å². The smallest absolute Gasteiger partial charge is 0.255 e. The third-order valence-corrected chi connectivity index (χ3v) is 8.08. The first-order valence-electron chi connectivity index (χ1n) is 13.4. The summed E-state index contributed by atoms with van der Waals surface area (Å²) in [6.45, 7) is 4.82. The van der Waals surface area contributed by atoms with Crippen LogP contribution in [0.15, 0.2) is 47.4 Å². The second-order valence-corrected chi connectivity index (χ2v) is 11.4. The van der Waals surface area contributed by atoms with Gasteiger partial charge in [-0.1, -0.05) is 65.2 Å². The summed E-state index contributed by atoms with van der Waals surface area (Å²) in [6, 6.07) is 10.8. The summed E-state index contributed by atoms with van der Waals surface area (Å²) in [5.41, 5.74) is 1.09. The molecule has 204 valence electrons. The van der Waals surface area contributed by atoms with Crippen molar-refractivity contribution in [3.05, 3.63) is 53.6 Å². The molecule has 2 aromatic carbocycles. The fourth-order valence-electron chi connectivity index (χ4n) is 3.98. The molecule has 8 heteroatoms. The van der Waals surface area contributed by atoms with Crippen molar-refractivity contribution < 1.29 is 22.7 Å². The van der Waals surface area contributed by atoms with Gasteiger partial charge in [0.1, 0.15) is 5.75 Å². The van der Waals surface area contributed by atoms with E-state index in [9.17, 15) is 18.0 Å². The van der Waals surface area contributed by atoms with Crippen LogP contribution in [0.5, 0.6) is 5.75 Å². The number of hydrogen-bond donors (Lipinski definition) is 2. The molecule has 2 aromatic rings. The van der Waals surface area contributed by atoms with Crippen molar-refractivity contribution in [2.24, 2.45) is 0 Å². The number of methoxy groups -OCH3 is 1. The van der Waals surface area contributed by atoms with E-state index in [4.69, 9.17) is 4.74 Å². The summed E-state index contributed by atoms with van der Waals surface area (Å²) in [5.74, 6) is -0.118. The maximum Gasteiger partial charge on any atom is 0.255 e. The van der Waals surface area contributed by atoms with Gasteiger partial charge in [0.25, 0.3) is 11.8 Å². The molecule has 0 saturated carbocycles. The van der Waals surface area contributed by atoms with Crippen LogP contribution in [0.1, 0.15) is 98.8 Å². The number of nitrogens with one attached hydrogen (secondary N) is 2. The zero-order chi connectivity index (χ0) is 27.1. The molecular weight excluding hydrogens is 488 g/mol. The monoisotopic (exact) mass is 530 g/mol. The topological polar surface area (TPSA) is 102 Å². The number of ether oxygens (including phenoxy) is 1. The summed E-state index contributed by atoms with van der Waals surface area (Å²) in [6.07, 6.45) is 10.6. The van der Waals surface area contributed by atoms with E-state index in [-0.39, 0.29) is 16.6 Å². The molecule has 0 unspecified atom stereocenters. The van der Waals surface area contributed by atoms with E-state index in [1.807, 2.05) is 6.92 Å². The molecule has 0 aliphatic rings. The molecule has 0 atom stereocenters. The van der Waals surface area contributed by atoms with Crippen LogP contribution < -0.4 is 15.4 Å². The highest BCUT2D eigenvalue weighted by molar-refractivity contribution is 7.91. The number of anilines is 1. The summed E-state index contributed by atoms with van der Waals surface area (Å²) in [7, 11) is -1.91. The number of carbonyl (C=O) groups is 2. The molecule has 0 bridgehead atoms. The number of unbranched alkanes of at least 4 members (excludes halogenated alkanes) is 8. The average molecular weight is 531 g/mol. The highest BCUT2D eigenvalue weighted by atomic mass is 32.2. The molecule has 0 spiro atoms. The Bertz CT molecular complexity index is 1100. The summed E-state index contributed by atoms with van der Waals surface area (Å²) < 4.78 is 30.7. The Hall–Kier alpha value is -2.87. The second kappa shape index (κ2) is 16.1. The number of benzene rings is 2. The molecule has 0 aliphatic heterocycles. The fraction of sp³-hybridized carbons (Fsp3) is 0.517. The average Bonchev–Trinajstić information content (AvgIpc) is 2.90. The Morgan fingerprint density at radius 2 is 1.35 bits per heavy atom. The molecule has 0 aromatic heterocycles. The van der Waals surface area contributed by atoms with Gasteiger partial charge >= 0.3 is 0 Å². The number of carbonyl (C=O) groups excluding carboxylic acids is 2. The summed E-state index contributed by atoms with van der Waals surface area (Å²) in [4.78, 5) is 25.5. The minimum atomic E-state index is -3.39. The molecule has 0 radical (unpaired) electrons. The standard InChI is InChI=1S/C29H42N2O5S/c1-4-6-8-9-10-11-12-13-21-37(34,35)25-17-14-23(15-18-25)29(33)31-26-22-24(16-19-27(26)36-3)28(32)30-20-7-5-2/h14-19,22H,4-13,20-21H2,1-3H3,(H,30,32)(H,31,33). The molecule has 0 fully saturated rings. The van der Waals surface area contributed by atoms with Gasteiger partial charge in [-0.25, -0.2) is 8.42 Å². The van der Waals surface area contributed by atoms with Crippen molar-refractivity contribution in [1.82, 2.24) is 5.32 Å². The molecule has 2 amide bonds. The zero-order valence-corrected chi connectivity index (χ0v) is 23.3. The lowest BCUT2D eigenvalue weighted by molar-refractivity contribution is 0.0951. The lowest BCUT2D eigenvalue weighted by Crippen LogP contribution is -2.24. The van der Waals surface area contributed by atoms with Crippen LogP contribution in [-0.2, 0) is 9.84 Å². The lowest BCUT2D eigenvalue weighted by atomic mass is 10.1. The van der Waals surface area contributed by atoms with Crippen LogP contribution in [0, 0.1) is 0 Å². The normalized spacial score (nSPS) is 11.2. The molecule has 0 saturated heterocycles. The number of amides is 2. The number of sulfone groups is 1. The van der Waals surface area contributed by atoms with Crippen LogP contribution in [0.4, 0.5) is 5.69 Å². The predicted octanol–water partition coefficient (Wildman–Crippen LogP) is 6.39. The van der Waals surface area contributed by atoms with Gasteiger partial charge in [0.2, 0.25) is 0 Å². The van der Waals surface area contributed by atoms with Crippen LogP contribution in [-0.4, -0.2) is 39.6 Å². The van der Waals surface area contributed by atoms with E-state index >= 15 is 0 Å². The van der Waals surface area contributed by atoms with Gasteiger partial charge in [-0.05, 0) is 55.3 Å². The minimum Gasteiger partial charge on any atom is -0.495 e. The van der Waals surface area contributed by atoms with E-state index in [1.54, 1.807) is 18.2 Å². The molecule has 0 aliphatic carbocycles. The third-order valence-electron chi connectivity index (χ3n) is 6.27. The van der Waals surface area contributed by atoms with Gasteiger partial charge in [-0.15, -0.1) is 0 Å². The summed E-state index contributed by atoms with van der Waals surface area (Å²) >= 11 is 0. The van der Waals surface area contributed by atoms with E-state index < -0.39 is 15.7 Å². The lowest BCUT2D eigenvalue weighted by Gasteiger charge is -2.13. The largest absolute Gasteiger partial charge is 0.495 e. The molecule has 7 nitrogen and oxygen atoms in total. The predicted molar refractivity (Wildman–Crippen MR) is 149 cm³/mol. The Kier molecular flexibility index (Phi) is 13.2. The van der Waals surface area contributed by atoms with Crippen LogP contribution >= 0.6 is 0 Å². The van der Waals surface area contributed by atoms with Gasteiger partial charge in [0.15, 0.2) is 9.84 Å². The Labute approximate surface area is 222 Å². The van der Waals surface area contributed by atoms with Gasteiger partial charge < -0.3 is 15.4 Å². The number of rotatable bonds is 17. The molecule has 37 heavy (non-hydrogen) atoms. The highest BCUT2D eigenvalue weighted by Crippen LogP contribution is 2.26. The maximum atomic E-state index is 12.9. The number of hydrogen-bond acceptors (Lipinski definition) is 5. The van der Waals surface area contributed by atoms with E-state index in [2.05, 4.69) is 17.6 Å². The first-order chi connectivity index (χ1) is 17.8. The fourth-order valence-corrected chi connectivity index (χ4v) is 5.35. The second-order valence-electron chi connectivity index (χ2n) is 9.30. The Morgan fingerprint density at radius 3 is 1.97 bits per heavy atom. The van der Waals surface area contributed by atoms with Crippen molar-refractivity contribution >= 4 is 27.3 Å². The molecule has 2 N–H and O–H groups in total. The first-order valence-corrected chi connectivity index (χ1v) is 15.1. The Morgan fingerprint density at radius 1 is 0.757 bits per heavy atom. The van der Waals surface area contributed by atoms with Crippen molar-refractivity contribution in [2.45, 2.75) is 83.0 Å². The summed E-state index contributed by atoms with van der Waals surface area (Å²) in [5, 5.41) is 5.62. The minimum absolute atomic E-state index is 0.109. The van der Waals surface area contributed by atoms with Crippen LogP contribution in [0.25, 0.3) is 0 Å². The third kappa shape index (κ3) is 10.2. The van der Waals surface area contributed by atoms with Crippen molar-refractivity contribution in [3.8, 4) is 5.75 Å².